The van der Waals surface area contributed by atoms with Gasteiger partial charge in [-0.05, 0) is 60.3 Å². The van der Waals surface area contributed by atoms with Gasteiger partial charge in [-0.25, -0.2) is 9.88 Å². The molecule has 146 valence electrons. The van der Waals surface area contributed by atoms with E-state index in [2.05, 4.69) is 16.1 Å². The SMILES string of the molecule is O=C1c2ccccc2C(=O)N1OOC(N=C1CCCCC1)=[NH+]C1=CCCCC1. The lowest BCUT2D eigenvalue weighted by molar-refractivity contribution is -0.448. The molecule has 4 rings (SSSR count). The highest BCUT2D eigenvalue weighted by Crippen LogP contribution is 2.23. The van der Waals surface area contributed by atoms with Crippen LogP contribution in [0.15, 0.2) is 41.0 Å². The van der Waals surface area contributed by atoms with Crippen molar-refractivity contribution in [1.29, 1.82) is 0 Å². The minimum Gasteiger partial charge on any atom is -0.266 e. The number of rotatable bonds is 3. The molecule has 7 heteroatoms. The van der Waals surface area contributed by atoms with E-state index < -0.39 is 11.8 Å². The van der Waals surface area contributed by atoms with Gasteiger partial charge in [0.2, 0.25) is 0 Å². The van der Waals surface area contributed by atoms with E-state index in [1.165, 1.54) is 12.8 Å². The predicted octanol–water partition coefficient (Wildman–Crippen LogP) is 2.45. The number of hydrogen-bond donors (Lipinski definition) is 1. The van der Waals surface area contributed by atoms with E-state index in [1.807, 2.05) is 0 Å². The molecule has 1 saturated carbocycles. The van der Waals surface area contributed by atoms with Gasteiger partial charge in [-0.2, -0.15) is 0 Å². The number of hydrogen-bond acceptors (Lipinski definition) is 4. The van der Waals surface area contributed by atoms with Gasteiger partial charge in [0.15, 0.2) is 0 Å². The second kappa shape index (κ2) is 8.48. The van der Waals surface area contributed by atoms with Crippen LogP contribution < -0.4 is 4.99 Å². The summed E-state index contributed by atoms with van der Waals surface area (Å²) in [6.45, 7) is 0. The zero-order valence-corrected chi connectivity index (χ0v) is 15.8. The van der Waals surface area contributed by atoms with Gasteiger partial charge in [-0.1, -0.05) is 18.6 Å². The highest BCUT2D eigenvalue weighted by molar-refractivity contribution is 6.20. The van der Waals surface area contributed by atoms with E-state index in [0.29, 0.717) is 16.2 Å². The number of nitrogens with zero attached hydrogens (tertiary/aromatic N) is 2. The van der Waals surface area contributed by atoms with Crippen molar-refractivity contribution in [2.24, 2.45) is 4.99 Å². The fourth-order valence-corrected chi connectivity index (χ4v) is 3.68. The van der Waals surface area contributed by atoms with Gasteiger partial charge < -0.3 is 0 Å². The molecule has 0 spiro atoms. The van der Waals surface area contributed by atoms with E-state index in [1.54, 1.807) is 24.3 Å². The molecule has 2 aliphatic carbocycles. The van der Waals surface area contributed by atoms with Gasteiger partial charge in [0.1, 0.15) is 11.4 Å². The summed E-state index contributed by atoms with van der Waals surface area (Å²) in [7, 11) is 0. The monoisotopic (exact) mass is 382 g/mol. The molecule has 1 N–H and O–H groups in total. The molecular formula is C21H24N3O4+. The maximum absolute atomic E-state index is 12.4. The van der Waals surface area contributed by atoms with Crippen LogP contribution in [0, 0.1) is 0 Å². The van der Waals surface area contributed by atoms with Gasteiger partial charge in [-0.15, -0.1) is 5.06 Å². The molecule has 0 bridgehead atoms. The Hall–Kier alpha value is -2.80. The van der Waals surface area contributed by atoms with Crippen molar-refractivity contribution >= 4 is 23.5 Å². The van der Waals surface area contributed by atoms with Crippen molar-refractivity contribution in [2.45, 2.75) is 57.8 Å². The number of amidine groups is 1. The van der Waals surface area contributed by atoms with Crippen molar-refractivity contribution in [3.05, 3.63) is 47.2 Å². The number of nitrogens with one attached hydrogen (secondary N) is 1. The summed E-state index contributed by atoms with van der Waals surface area (Å²) in [5, 5.41) is 0.642. The van der Waals surface area contributed by atoms with Crippen LogP contribution in [0.1, 0.15) is 78.5 Å². The molecule has 0 saturated heterocycles. The fourth-order valence-electron chi connectivity index (χ4n) is 3.68. The number of imide groups is 1. The minimum atomic E-state index is -0.540. The first-order valence-corrected chi connectivity index (χ1v) is 9.94. The molecule has 7 nitrogen and oxygen atoms in total. The molecule has 1 fully saturated rings. The van der Waals surface area contributed by atoms with E-state index in [9.17, 15) is 9.59 Å². The van der Waals surface area contributed by atoms with Crippen molar-refractivity contribution in [2.75, 3.05) is 0 Å². The van der Waals surface area contributed by atoms with Crippen LogP contribution in [-0.2, 0) is 9.88 Å². The molecular weight excluding hydrogens is 358 g/mol. The molecule has 1 aliphatic heterocycles. The van der Waals surface area contributed by atoms with Crippen LogP contribution in [0.2, 0.25) is 0 Å². The van der Waals surface area contributed by atoms with Gasteiger partial charge in [0.05, 0.1) is 11.1 Å². The highest BCUT2D eigenvalue weighted by Gasteiger charge is 2.38. The topological polar surface area (TPSA) is 82.2 Å². The second-order valence-corrected chi connectivity index (χ2v) is 7.25. The third-order valence-corrected chi connectivity index (χ3v) is 5.20. The molecule has 3 aliphatic rings. The van der Waals surface area contributed by atoms with Crippen molar-refractivity contribution < 1.29 is 24.5 Å². The molecule has 2 amide bonds. The van der Waals surface area contributed by atoms with Crippen LogP contribution in [0.3, 0.4) is 0 Å². The Kier molecular flexibility index (Phi) is 5.62. The molecule has 1 aromatic carbocycles. The lowest BCUT2D eigenvalue weighted by Crippen LogP contribution is -2.71. The number of carbonyl (C=O) groups excluding carboxylic acids is 2. The van der Waals surface area contributed by atoms with Crippen LogP contribution in [0.5, 0.6) is 0 Å². The van der Waals surface area contributed by atoms with Crippen LogP contribution in [0.25, 0.3) is 0 Å². The van der Waals surface area contributed by atoms with Gasteiger partial charge in [0.25, 0.3) is 11.8 Å². The average molecular weight is 382 g/mol. The summed E-state index contributed by atoms with van der Waals surface area (Å²) in [5.41, 5.74) is 2.67. The molecule has 0 atom stereocenters. The molecule has 1 heterocycles. The Labute approximate surface area is 163 Å². The Bertz CT molecular complexity index is 829. The number of fused-ring (bicyclic) bond motifs is 1. The number of carbonyl (C=O) groups is 2. The van der Waals surface area contributed by atoms with Gasteiger partial charge in [0, 0.05) is 19.3 Å². The molecule has 1 aromatic rings. The van der Waals surface area contributed by atoms with Crippen LogP contribution in [-0.4, -0.2) is 28.6 Å². The lowest BCUT2D eigenvalue weighted by Gasteiger charge is -2.11. The largest absolute Gasteiger partial charge is 0.529 e. The average Bonchev–Trinajstić information content (AvgIpc) is 2.98. The Morgan fingerprint density at radius 2 is 1.61 bits per heavy atom. The molecule has 28 heavy (non-hydrogen) atoms. The standard InChI is InChI=1S/C21H23N3O4/c25-19-17-13-7-8-14-18(17)20(26)24(19)28-27-21(22-15-9-3-1-4-10-15)23-16-11-5-2-6-12-16/h7-9,13-14H,1-6,10-12H2/p+1. The number of hydroxylamine groups is 2. The number of aliphatic imine (C=N–C) groups is 1. The maximum atomic E-state index is 12.4. The van der Waals surface area contributed by atoms with Crippen molar-refractivity contribution in [1.82, 2.24) is 5.06 Å². The van der Waals surface area contributed by atoms with Crippen LogP contribution in [0.4, 0.5) is 0 Å². The van der Waals surface area contributed by atoms with E-state index >= 15 is 0 Å². The third-order valence-electron chi connectivity index (χ3n) is 5.20. The van der Waals surface area contributed by atoms with Crippen molar-refractivity contribution in [3.63, 3.8) is 0 Å². The minimum absolute atomic E-state index is 0.168. The van der Waals surface area contributed by atoms with Crippen molar-refractivity contribution in [3.8, 4) is 0 Å². The smallest absolute Gasteiger partial charge is 0.266 e. The lowest BCUT2D eigenvalue weighted by atomic mass is 9.99. The number of benzene rings is 1. The summed E-state index contributed by atoms with van der Waals surface area (Å²) in [5.74, 6) is -1.08. The Morgan fingerprint density at radius 1 is 0.929 bits per heavy atom. The first-order chi connectivity index (χ1) is 13.7. The summed E-state index contributed by atoms with van der Waals surface area (Å²) in [4.78, 5) is 43.1. The van der Waals surface area contributed by atoms with Gasteiger partial charge in [-0.3, -0.25) is 9.59 Å². The van der Waals surface area contributed by atoms with E-state index in [-0.39, 0.29) is 6.02 Å². The zero-order chi connectivity index (χ0) is 19.3. The predicted molar refractivity (Wildman–Crippen MR) is 102 cm³/mol. The second-order valence-electron chi connectivity index (χ2n) is 7.25. The molecule has 0 radical (unpaired) electrons. The first kappa shape index (κ1) is 18.6. The van der Waals surface area contributed by atoms with E-state index in [0.717, 1.165) is 56.4 Å². The highest BCUT2D eigenvalue weighted by atomic mass is 17.3. The third kappa shape index (κ3) is 4.04. The molecule has 0 aromatic heterocycles. The molecule has 0 unspecified atom stereocenters. The van der Waals surface area contributed by atoms with Gasteiger partial charge >= 0.3 is 6.02 Å². The first-order valence-electron chi connectivity index (χ1n) is 9.94. The summed E-state index contributed by atoms with van der Waals surface area (Å²) < 4.78 is 0. The maximum Gasteiger partial charge on any atom is 0.529 e. The van der Waals surface area contributed by atoms with E-state index in [4.69, 9.17) is 9.88 Å². The zero-order valence-electron chi connectivity index (χ0n) is 15.8. The summed E-state index contributed by atoms with van der Waals surface area (Å²) in [6.07, 6.45) is 11.6. The summed E-state index contributed by atoms with van der Waals surface area (Å²) >= 11 is 0. The van der Waals surface area contributed by atoms with Crippen LogP contribution >= 0.6 is 0 Å². The quantitative estimate of drug-likeness (QED) is 0.286. The summed E-state index contributed by atoms with van der Waals surface area (Å²) in [6, 6.07) is 6.77. The number of allylic oxidation sites excluding steroid dienone is 2. The number of amides is 2. The Morgan fingerprint density at radius 3 is 2.25 bits per heavy atom. The normalized spacial score (nSPS) is 20.1. The Balaban J connectivity index is 1.51. The fraction of sp³-hybridized carbons (Fsp3) is 0.429.